The van der Waals surface area contributed by atoms with E-state index < -0.39 is 0 Å². The summed E-state index contributed by atoms with van der Waals surface area (Å²) in [5.74, 6) is 2.33. The molecule has 0 aliphatic carbocycles. The van der Waals surface area contributed by atoms with Crippen molar-refractivity contribution in [3.63, 3.8) is 0 Å². The number of nitrogens with zero attached hydrogens (tertiary/aromatic N) is 2. The number of ether oxygens (including phenoxy) is 4. The van der Waals surface area contributed by atoms with Gasteiger partial charge in [-0.25, -0.2) is 0 Å². The highest BCUT2D eigenvalue weighted by Crippen LogP contribution is 2.38. The van der Waals surface area contributed by atoms with Gasteiger partial charge >= 0.3 is 0 Å². The Bertz CT molecular complexity index is 762. The molecule has 0 N–H and O–H groups in total. The standard InChI is InChI=1S/C22H30N2O4/c1-5-24(14-17-6-8-19(9-7-17)23(2)3)15-18-12-21-22(28-16-27-21)13-20(18)26-11-10-25-4/h6-9,12-13H,5,10-11,14-16H2,1-4H3. The van der Waals surface area contributed by atoms with Crippen molar-refractivity contribution in [2.75, 3.05) is 52.7 Å². The lowest BCUT2D eigenvalue weighted by Gasteiger charge is -2.23. The van der Waals surface area contributed by atoms with Crippen LogP contribution < -0.4 is 19.1 Å². The maximum atomic E-state index is 5.95. The van der Waals surface area contributed by atoms with Crippen molar-refractivity contribution in [3.05, 3.63) is 47.5 Å². The van der Waals surface area contributed by atoms with Gasteiger partial charge in [0.15, 0.2) is 11.5 Å². The predicted octanol–water partition coefficient (Wildman–Crippen LogP) is 3.53. The van der Waals surface area contributed by atoms with Gasteiger partial charge in [0.2, 0.25) is 6.79 Å². The summed E-state index contributed by atoms with van der Waals surface area (Å²) in [6, 6.07) is 12.6. The van der Waals surface area contributed by atoms with Crippen molar-refractivity contribution >= 4 is 5.69 Å². The Balaban J connectivity index is 1.73. The number of rotatable bonds is 10. The maximum absolute atomic E-state index is 5.95. The second-order valence-electron chi connectivity index (χ2n) is 7.02. The lowest BCUT2D eigenvalue weighted by Crippen LogP contribution is -2.23. The van der Waals surface area contributed by atoms with E-state index in [0.717, 1.165) is 42.4 Å². The quantitative estimate of drug-likeness (QED) is 0.582. The van der Waals surface area contributed by atoms with E-state index in [9.17, 15) is 0 Å². The Labute approximate surface area is 167 Å². The van der Waals surface area contributed by atoms with Gasteiger partial charge in [0.05, 0.1) is 6.61 Å². The van der Waals surface area contributed by atoms with E-state index in [1.54, 1.807) is 7.11 Å². The van der Waals surface area contributed by atoms with Gasteiger partial charge in [0.25, 0.3) is 0 Å². The highest BCUT2D eigenvalue weighted by molar-refractivity contribution is 5.52. The van der Waals surface area contributed by atoms with Crippen LogP contribution in [0.25, 0.3) is 0 Å². The molecule has 0 atom stereocenters. The molecule has 2 aromatic carbocycles. The summed E-state index contributed by atoms with van der Waals surface area (Å²) in [5.41, 5.74) is 3.58. The molecule has 6 nitrogen and oxygen atoms in total. The Kier molecular flexibility index (Phi) is 7.01. The van der Waals surface area contributed by atoms with Crippen LogP contribution in [0.1, 0.15) is 18.1 Å². The van der Waals surface area contributed by atoms with Crippen LogP contribution in [0.2, 0.25) is 0 Å². The van der Waals surface area contributed by atoms with Crippen molar-refractivity contribution < 1.29 is 18.9 Å². The first-order chi connectivity index (χ1) is 13.6. The molecule has 0 aromatic heterocycles. The number of fused-ring (bicyclic) bond motifs is 1. The lowest BCUT2D eigenvalue weighted by molar-refractivity contribution is 0.144. The van der Waals surface area contributed by atoms with Gasteiger partial charge < -0.3 is 23.8 Å². The largest absolute Gasteiger partial charge is 0.491 e. The molecule has 28 heavy (non-hydrogen) atoms. The number of benzene rings is 2. The first-order valence-corrected chi connectivity index (χ1v) is 9.63. The van der Waals surface area contributed by atoms with Gasteiger partial charge in [0, 0.05) is 51.6 Å². The number of anilines is 1. The molecular formula is C22H30N2O4. The third-order valence-corrected chi connectivity index (χ3v) is 4.80. The summed E-state index contributed by atoms with van der Waals surface area (Å²) in [6.07, 6.45) is 0. The summed E-state index contributed by atoms with van der Waals surface area (Å²) >= 11 is 0. The van der Waals surface area contributed by atoms with Crippen LogP contribution in [0.3, 0.4) is 0 Å². The SMILES string of the molecule is CCN(Cc1ccc(N(C)C)cc1)Cc1cc2c(cc1OCCOC)OCO2. The summed E-state index contributed by atoms with van der Waals surface area (Å²) in [4.78, 5) is 4.49. The second kappa shape index (κ2) is 9.66. The number of hydrogen-bond acceptors (Lipinski definition) is 6. The zero-order valence-electron chi connectivity index (χ0n) is 17.2. The van der Waals surface area contributed by atoms with Gasteiger partial charge in [-0.1, -0.05) is 19.1 Å². The van der Waals surface area contributed by atoms with E-state index in [1.165, 1.54) is 11.3 Å². The summed E-state index contributed by atoms with van der Waals surface area (Å²) in [6.45, 7) is 6.05. The molecule has 0 fully saturated rings. The first-order valence-electron chi connectivity index (χ1n) is 9.63. The molecule has 152 valence electrons. The van der Waals surface area contributed by atoms with Gasteiger partial charge in [-0.15, -0.1) is 0 Å². The molecule has 0 spiro atoms. The lowest BCUT2D eigenvalue weighted by atomic mass is 10.1. The first kappa shape index (κ1) is 20.3. The molecule has 0 saturated carbocycles. The summed E-state index contributed by atoms with van der Waals surface area (Å²) in [5, 5.41) is 0. The average molecular weight is 386 g/mol. The van der Waals surface area contributed by atoms with E-state index in [1.807, 2.05) is 12.1 Å². The molecular weight excluding hydrogens is 356 g/mol. The minimum Gasteiger partial charge on any atom is -0.491 e. The van der Waals surface area contributed by atoms with Crippen molar-refractivity contribution in [2.24, 2.45) is 0 Å². The molecule has 3 rings (SSSR count). The van der Waals surface area contributed by atoms with E-state index in [2.05, 4.69) is 55.1 Å². The van der Waals surface area contributed by atoms with Crippen molar-refractivity contribution in [1.29, 1.82) is 0 Å². The summed E-state index contributed by atoms with van der Waals surface area (Å²) < 4.78 is 22.1. The highest BCUT2D eigenvalue weighted by atomic mass is 16.7. The average Bonchev–Trinajstić information content (AvgIpc) is 3.15. The Hall–Kier alpha value is -2.44. The van der Waals surface area contributed by atoms with Gasteiger partial charge in [-0.2, -0.15) is 0 Å². The smallest absolute Gasteiger partial charge is 0.231 e. The number of hydrogen-bond donors (Lipinski definition) is 0. The van der Waals surface area contributed by atoms with E-state index in [-0.39, 0.29) is 6.79 Å². The predicted molar refractivity (Wildman–Crippen MR) is 110 cm³/mol. The molecule has 1 aliphatic rings. The fourth-order valence-electron chi connectivity index (χ4n) is 3.14. The van der Waals surface area contributed by atoms with Crippen LogP contribution >= 0.6 is 0 Å². The molecule has 2 aromatic rings. The Morgan fingerprint density at radius 3 is 2.32 bits per heavy atom. The van der Waals surface area contributed by atoms with Crippen LogP contribution in [0, 0.1) is 0 Å². The van der Waals surface area contributed by atoms with Crippen LogP contribution in [-0.4, -0.2) is 52.7 Å². The van der Waals surface area contributed by atoms with E-state index in [4.69, 9.17) is 18.9 Å². The van der Waals surface area contributed by atoms with Crippen molar-refractivity contribution in [3.8, 4) is 17.2 Å². The summed E-state index contributed by atoms with van der Waals surface area (Å²) in [7, 11) is 5.78. The molecule has 1 aliphatic heterocycles. The molecule has 6 heteroatoms. The molecule has 0 bridgehead atoms. The van der Waals surface area contributed by atoms with Crippen LogP contribution in [0.15, 0.2) is 36.4 Å². The van der Waals surface area contributed by atoms with Crippen LogP contribution in [0.5, 0.6) is 17.2 Å². The minimum absolute atomic E-state index is 0.256. The Morgan fingerprint density at radius 1 is 0.964 bits per heavy atom. The zero-order valence-corrected chi connectivity index (χ0v) is 17.2. The van der Waals surface area contributed by atoms with Crippen molar-refractivity contribution in [1.82, 2.24) is 4.90 Å². The zero-order chi connectivity index (χ0) is 19.9. The van der Waals surface area contributed by atoms with E-state index in [0.29, 0.717) is 13.2 Å². The van der Waals surface area contributed by atoms with Gasteiger partial charge in [-0.3, -0.25) is 4.90 Å². The monoisotopic (exact) mass is 386 g/mol. The third-order valence-electron chi connectivity index (χ3n) is 4.80. The number of methoxy groups -OCH3 is 1. The molecule has 0 unspecified atom stereocenters. The molecule has 0 saturated heterocycles. The highest BCUT2D eigenvalue weighted by Gasteiger charge is 2.19. The molecule has 1 heterocycles. The topological polar surface area (TPSA) is 43.4 Å². The van der Waals surface area contributed by atoms with Crippen LogP contribution in [0.4, 0.5) is 5.69 Å². The van der Waals surface area contributed by atoms with Crippen molar-refractivity contribution in [2.45, 2.75) is 20.0 Å². The van der Waals surface area contributed by atoms with Gasteiger partial charge in [-0.05, 0) is 30.3 Å². The van der Waals surface area contributed by atoms with Gasteiger partial charge in [0.1, 0.15) is 12.4 Å². The maximum Gasteiger partial charge on any atom is 0.231 e. The molecule has 0 amide bonds. The fourth-order valence-corrected chi connectivity index (χ4v) is 3.14. The fraction of sp³-hybridized carbons (Fsp3) is 0.455. The van der Waals surface area contributed by atoms with E-state index >= 15 is 0 Å². The second-order valence-corrected chi connectivity index (χ2v) is 7.02. The van der Waals surface area contributed by atoms with Crippen LogP contribution in [-0.2, 0) is 17.8 Å². The minimum atomic E-state index is 0.256. The Morgan fingerprint density at radius 2 is 1.68 bits per heavy atom. The normalized spacial score (nSPS) is 12.5. The molecule has 0 radical (unpaired) electrons. The third kappa shape index (κ3) is 5.09.